The fraction of sp³-hybridized carbons (Fsp3) is 0.217. The summed E-state index contributed by atoms with van der Waals surface area (Å²) >= 11 is 0. The molecule has 2 N–H and O–H groups in total. The second-order valence-electron chi connectivity index (χ2n) is 8.33. The van der Waals surface area contributed by atoms with Crippen LogP contribution in [0.5, 0.6) is 0 Å². The number of nitrogens with zero attached hydrogens (tertiary/aromatic N) is 7. The highest BCUT2D eigenvalue weighted by atomic mass is 19.2. The second-order valence-corrected chi connectivity index (χ2v) is 8.33. The molecule has 37 heavy (non-hydrogen) atoms. The van der Waals surface area contributed by atoms with Crippen molar-refractivity contribution in [2.75, 3.05) is 36.5 Å². The SMILES string of the molecule is O=[N+]([O-])c1ccc(-n2cnc3c(NCc4nc5c(F)c(F)ccc5[nH]4)nc(N4CCOCC4)nc32)cc1. The van der Waals surface area contributed by atoms with Crippen LogP contribution in [0, 0.1) is 21.7 Å². The van der Waals surface area contributed by atoms with E-state index in [1.165, 1.54) is 18.2 Å². The molecule has 188 valence electrons. The molecule has 0 amide bonds. The lowest BCUT2D eigenvalue weighted by Gasteiger charge is -2.27. The number of benzene rings is 2. The molecule has 3 aromatic heterocycles. The van der Waals surface area contributed by atoms with Gasteiger partial charge in [-0.1, -0.05) is 0 Å². The van der Waals surface area contributed by atoms with Crippen LogP contribution >= 0.6 is 0 Å². The zero-order valence-corrected chi connectivity index (χ0v) is 19.2. The van der Waals surface area contributed by atoms with Crippen molar-refractivity contribution < 1.29 is 18.4 Å². The zero-order valence-electron chi connectivity index (χ0n) is 19.2. The van der Waals surface area contributed by atoms with E-state index in [4.69, 9.17) is 9.72 Å². The van der Waals surface area contributed by atoms with E-state index in [9.17, 15) is 18.9 Å². The number of fused-ring (bicyclic) bond motifs is 2. The summed E-state index contributed by atoms with van der Waals surface area (Å²) in [6.45, 7) is 2.41. The molecule has 2 aromatic carbocycles. The molecule has 1 aliphatic rings. The van der Waals surface area contributed by atoms with Crippen LogP contribution < -0.4 is 10.2 Å². The summed E-state index contributed by atoms with van der Waals surface area (Å²) in [7, 11) is 0. The van der Waals surface area contributed by atoms with E-state index in [1.54, 1.807) is 23.0 Å². The molecule has 0 radical (unpaired) electrons. The lowest BCUT2D eigenvalue weighted by molar-refractivity contribution is -0.384. The molecule has 14 heteroatoms. The smallest absolute Gasteiger partial charge is 0.269 e. The van der Waals surface area contributed by atoms with E-state index in [0.717, 1.165) is 6.07 Å². The molecule has 0 aliphatic carbocycles. The molecule has 0 spiro atoms. The average molecular weight is 507 g/mol. The maximum atomic E-state index is 14.1. The van der Waals surface area contributed by atoms with E-state index in [1.807, 2.05) is 4.90 Å². The Balaban J connectivity index is 1.38. The van der Waals surface area contributed by atoms with Gasteiger partial charge in [-0.15, -0.1) is 0 Å². The Bertz CT molecular complexity index is 1630. The van der Waals surface area contributed by atoms with Crippen LogP contribution in [0.15, 0.2) is 42.7 Å². The van der Waals surface area contributed by atoms with Crippen LogP contribution in [-0.4, -0.2) is 60.7 Å². The van der Waals surface area contributed by atoms with E-state index >= 15 is 0 Å². The predicted octanol–water partition coefficient (Wildman–Crippen LogP) is 3.33. The number of anilines is 2. The molecule has 1 saturated heterocycles. The summed E-state index contributed by atoms with van der Waals surface area (Å²) in [5, 5.41) is 14.2. The highest BCUT2D eigenvalue weighted by Gasteiger charge is 2.21. The van der Waals surface area contributed by atoms with E-state index in [0.29, 0.717) is 66.3 Å². The number of nitrogens with one attached hydrogen (secondary N) is 2. The van der Waals surface area contributed by atoms with Gasteiger partial charge in [-0.2, -0.15) is 9.97 Å². The van der Waals surface area contributed by atoms with Gasteiger partial charge in [0.25, 0.3) is 5.69 Å². The molecular formula is C23H19F2N9O3. The van der Waals surface area contributed by atoms with Gasteiger partial charge in [0.15, 0.2) is 28.6 Å². The van der Waals surface area contributed by atoms with Crippen LogP contribution in [0.25, 0.3) is 27.9 Å². The van der Waals surface area contributed by atoms with Crippen molar-refractivity contribution in [3.63, 3.8) is 0 Å². The van der Waals surface area contributed by atoms with Gasteiger partial charge < -0.3 is 19.9 Å². The minimum absolute atomic E-state index is 0.0266. The average Bonchev–Trinajstić information content (AvgIpc) is 3.55. The third-order valence-corrected chi connectivity index (χ3v) is 6.03. The number of nitro groups is 1. The summed E-state index contributed by atoms with van der Waals surface area (Å²) in [6.07, 6.45) is 1.56. The lowest BCUT2D eigenvalue weighted by Crippen LogP contribution is -2.37. The van der Waals surface area contributed by atoms with Gasteiger partial charge in [0.1, 0.15) is 17.7 Å². The fourth-order valence-electron chi connectivity index (χ4n) is 4.16. The van der Waals surface area contributed by atoms with E-state index < -0.39 is 16.6 Å². The number of nitro benzene ring substituents is 1. The number of aromatic amines is 1. The van der Waals surface area contributed by atoms with Crippen molar-refractivity contribution in [2.24, 2.45) is 0 Å². The number of imidazole rings is 2. The van der Waals surface area contributed by atoms with Gasteiger partial charge in [0.2, 0.25) is 5.95 Å². The highest BCUT2D eigenvalue weighted by molar-refractivity contribution is 5.85. The molecule has 6 rings (SSSR count). The number of morpholine rings is 1. The number of halogens is 2. The first kappa shape index (κ1) is 22.7. The van der Waals surface area contributed by atoms with Gasteiger partial charge in [-0.25, -0.2) is 18.7 Å². The summed E-state index contributed by atoms with van der Waals surface area (Å²) < 4.78 is 34.9. The van der Waals surface area contributed by atoms with Crippen molar-refractivity contribution in [2.45, 2.75) is 6.54 Å². The van der Waals surface area contributed by atoms with E-state index in [2.05, 4.69) is 25.3 Å². The molecular weight excluding hydrogens is 488 g/mol. The first-order chi connectivity index (χ1) is 18.0. The maximum absolute atomic E-state index is 14.1. The van der Waals surface area contributed by atoms with E-state index in [-0.39, 0.29) is 17.7 Å². The maximum Gasteiger partial charge on any atom is 0.269 e. The van der Waals surface area contributed by atoms with Crippen molar-refractivity contribution in [3.05, 3.63) is 70.3 Å². The highest BCUT2D eigenvalue weighted by Crippen LogP contribution is 2.27. The summed E-state index contributed by atoms with van der Waals surface area (Å²) in [5.41, 5.74) is 1.86. The topological polar surface area (TPSA) is 140 Å². The van der Waals surface area contributed by atoms with Crippen LogP contribution in [0.3, 0.4) is 0 Å². The number of ether oxygens (including phenoxy) is 1. The number of non-ortho nitro benzene ring substituents is 1. The molecule has 1 fully saturated rings. The minimum Gasteiger partial charge on any atom is -0.378 e. The first-order valence-electron chi connectivity index (χ1n) is 11.4. The quantitative estimate of drug-likeness (QED) is 0.262. The Hall–Kier alpha value is -4.72. The van der Waals surface area contributed by atoms with Crippen LogP contribution in [0.2, 0.25) is 0 Å². The normalized spacial score (nSPS) is 13.9. The monoisotopic (exact) mass is 507 g/mol. The Morgan fingerprint density at radius 2 is 1.84 bits per heavy atom. The lowest BCUT2D eigenvalue weighted by atomic mass is 10.3. The standard InChI is InChI=1S/C23H19F2N9O3/c24-15-5-6-16-19(18(15)25)29-17(28-16)11-26-21-20-22(31-23(30-21)32-7-9-37-10-8-32)33(12-27-20)13-1-3-14(4-2-13)34(35)36/h1-6,12H,7-11H2,(H,28,29)(H,26,30,31). The van der Waals surface area contributed by atoms with Crippen LogP contribution in [0.4, 0.5) is 26.2 Å². The number of H-pyrrole nitrogens is 1. The number of hydrogen-bond donors (Lipinski definition) is 2. The van der Waals surface area contributed by atoms with Gasteiger partial charge in [-0.3, -0.25) is 14.7 Å². The Morgan fingerprint density at radius 1 is 1.05 bits per heavy atom. The molecule has 1 aliphatic heterocycles. The van der Waals surface area contributed by atoms with Gasteiger partial charge in [0, 0.05) is 30.9 Å². The molecule has 4 heterocycles. The van der Waals surface area contributed by atoms with Crippen molar-refractivity contribution in [3.8, 4) is 5.69 Å². The number of aromatic nitrogens is 6. The minimum atomic E-state index is -1.01. The molecule has 5 aromatic rings. The summed E-state index contributed by atoms with van der Waals surface area (Å²) in [4.78, 5) is 33.6. The van der Waals surface area contributed by atoms with Crippen molar-refractivity contribution in [1.82, 2.24) is 29.5 Å². The van der Waals surface area contributed by atoms with Gasteiger partial charge >= 0.3 is 0 Å². The first-order valence-corrected chi connectivity index (χ1v) is 11.4. The molecule has 0 unspecified atom stereocenters. The largest absolute Gasteiger partial charge is 0.378 e. The summed E-state index contributed by atoms with van der Waals surface area (Å²) in [5.74, 6) is -0.725. The Morgan fingerprint density at radius 3 is 2.59 bits per heavy atom. The number of hydrogen-bond acceptors (Lipinski definition) is 9. The molecule has 0 atom stereocenters. The number of rotatable bonds is 6. The van der Waals surface area contributed by atoms with Crippen molar-refractivity contribution in [1.29, 1.82) is 0 Å². The third-order valence-electron chi connectivity index (χ3n) is 6.03. The van der Waals surface area contributed by atoms with Crippen molar-refractivity contribution >= 4 is 39.7 Å². The second kappa shape index (κ2) is 9.05. The van der Waals surface area contributed by atoms with Crippen LogP contribution in [0.1, 0.15) is 5.82 Å². The Kier molecular flexibility index (Phi) is 5.56. The predicted molar refractivity (Wildman–Crippen MR) is 130 cm³/mol. The van der Waals surface area contributed by atoms with Gasteiger partial charge in [-0.05, 0) is 24.3 Å². The molecule has 0 saturated carbocycles. The third kappa shape index (κ3) is 4.16. The zero-order chi connectivity index (χ0) is 25.5. The summed E-state index contributed by atoms with van der Waals surface area (Å²) in [6, 6.07) is 8.52. The molecule has 12 nitrogen and oxygen atoms in total. The van der Waals surface area contributed by atoms with Crippen LogP contribution in [-0.2, 0) is 11.3 Å². The van der Waals surface area contributed by atoms with Gasteiger partial charge in [0.05, 0.1) is 30.2 Å². The Labute approximate surface area is 207 Å². The molecule has 0 bridgehead atoms. The fourth-order valence-corrected chi connectivity index (χ4v) is 4.16.